The van der Waals surface area contributed by atoms with Crippen LogP contribution in [0.25, 0.3) is 0 Å². The molecule has 7 heteroatoms. The Kier molecular flexibility index (Phi) is 4.42. The summed E-state index contributed by atoms with van der Waals surface area (Å²) in [6.07, 6.45) is 1.42. The van der Waals surface area contributed by atoms with Crippen LogP contribution in [-0.4, -0.2) is 20.3 Å². The molecule has 0 aliphatic carbocycles. The zero-order chi connectivity index (χ0) is 15.4. The van der Waals surface area contributed by atoms with Crippen LogP contribution in [0.4, 0.5) is 5.69 Å². The van der Waals surface area contributed by atoms with Gasteiger partial charge >= 0.3 is 5.97 Å². The molecular weight excluding hydrogens is 272 g/mol. The zero-order valence-electron chi connectivity index (χ0n) is 12.1. The summed E-state index contributed by atoms with van der Waals surface area (Å²) in [5, 5.41) is 4.27. The van der Waals surface area contributed by atoms with Crippen LogP contribution in [0.2, 0.25) is 0 Å². The van der Waals surface area contributed by atoms with E-state index in [1.165, 1.54) is 22.9 Å². The molecule has 0 atom stereocenters. The number of aromatic nitrogens is 3. The van der Waals surface area contributed by atoms with E-state index in [2.05, 4.69) is 5.10 Å². The number of carbonyl (C=O) groups excluding carboxylic acids is 1. The smallest absolute Gasteiger partial charge is 0.326 e. The molecule has 0 amide bonds. The van der Waals surface area contributed by atoms with Gasteiger partial charge in [0.25, 0.3) is 5.56 Å². The maximum absolute atomic E-state index is 11.8. The first kappa shape index (κ1) is 14.8. The van der Waals surface area contributed by atoms with Gasteiger partial charge < -0.3 is 15.0 Å². The monoisotopic (exact) mass is 290 g/mol. The second-order valence-corrected chi connectivity index (χ2v) is 4.68. The van der Waals surface area contributed by atoms with Gasteiger partial charge in [0.2, 0.25) is 0 Å². The van der Waals surface area contributed by atoms with Crippen molar-refractivity contribution in [2.45, 2.75) is 33.5 Å². The van der Waals surface area contributed by atoms with E-state index in [9.17, 15) is 9.59 Å². The number of pyridine rings is 1. The molecule has 2 N–H and O–H groups in total. The Bertz CT molecular complexity index is 702. The van der Waals surface area contributed by atoms with Crippen LogP contribution >= 0.6 is 0 Å². The van der Waals surface area contributed by atoms with Gasteiger partial charge in [-0.1, -0.05) is 0 Å². The number of hydrogen-bond donors (Lipinski definition) is 1. The third kappa shape index (κ3) is 3.71. The topological polar surface area (TPSA) is 92.1 Å². The molecule has 0 saturated carbocycles. The highest BCUT2D eigenvalue weighted by atomic mass is 16.5. The third-order valence-electron chi connectivity index (χ3n) is 2.97. The summed E-state index contributed by atoms with van der Waals surface area (Å²) in [6.45, 7) is 4.51. The molecule has 0 radical (unpaired) electrons. The van der Waals surface area contributed by atoms with Crippen LogP contribution in [0.15, 0.2) is 29.2 Å². The number of nitrogens with two attached hydrogens (primary N) is 1. The minimum absolute atomic E-state index is 0.130. The van der Waals surface area contributed by atoms with Crippen LogP contribution in [0.3, 0.4) is 0 Å². The number of nitrogens with zero attached hydrogens (tertiary/aromatic N) is 3. The SMILES string of the molecule is CCn1nc(C)cc1COC(=O)Cn1cc(N)ccc1=O. The highest BCUT2D eigenvalue weighted by Gasteiger charge is 2.09. The van der Waals surface area contributed by atoms with Crippen molar-refractivity contribution < 1.29 is 9.53 Å². The van der Waals surface area contributed by atoms with Gasteiger partial charge in [0, 0.05) is 24.5 Å². The minimum atomic E-state index is -0.496. The van der Waals surface area contributed by atoms with E-state index < -0.39 is 5.97 Å². The lowest BCUT2D eigenvalue weighted by Crippen LogP contribution is -2.24. The number of aryl methyl sites for hydroxylation is 2. The predicted octanol–water partition coefficient (Wildman–Crippen LogP) is 0.699. The molecule has 2 aromatic rings. The van der Waals surface area contributed by atoms with Crippen LogP contribution in [-0.2, 0) is 29.2 Å². The first-order valence-corrected chi connectivity index (χ1v) is 6.64. The summed E-state index contributed by atoms with van der Waals surface area (Å²) in [7, 11) is 0. The summed E-state index contributed by atoms with van der Waals surface area (Å²) in [6, 6.07) is 4.67. The normalized spacial score (nSPS) is 10.6. The molecular formula is C14H18N4O3. The van der Waals surface area contributed by atoms with Gasteiger partial charge in [-0.25, -0.2) is 0 Å². The van der Waals surface area contributed by atoms with E-state index in [1.54, 1.807) is 4.68 Å². The van der Waals surface area contributed by atoms with Crippen molar-refractivity contribution in [3.05, 3.63) is 46.1 Å². The number of rotatable bonds is 5. The van der Waals surface area contributed by atoms with Gasteiger partial charge in [-0.15, -0.1) is 0 Å². The maximum Gasteiger partial charge on any atom is 0.326 e. The summed E-state index contributed by atoms with van der Waals surface area (Å²) in [5.74, 6) is -0.496. The summed E-state index contributed by atoms with van der Waals surface area (Å²) >= 11 is 0. The van der Waals surface area contributed by atoms with Crippen molar-refractivity contribution in [3.8, 4) is 0 Å². The maximum atomic E-state index is 11.8. The molecule has 0 spiro atoms. The Labute approximate surface area is 121 Å². The molecule has 7 nitrogen and oxygen atoms in total. The zero-order valence-corrected chi connectivity index (χ0v) is 12.1. The molecule has 0 bridgehead atoms. The third-order valence-corrected chi connectivity index (χ3v) is 2.97. The average molecular weight is 290 g/mol. The Balaban J connectivity index is 1.99. The first-order chi connectivity index (χ1) is 9.99. The lowest BCUT2D eigenvalue weighted by atomic mass is 10.4. The number of carbonyl (C=O) groups is 1. The molecule has 0 aliphatic rings. The molecule has 0 unspecified atom stereocenters. The Morgan fingerprint density at radius 1 is 1.43 bits per heavy atom. The van der Waals surface area contributed by atoms with Crippen LogP contribution in [0.5, 0.6) is 0 Å². The van der Waals surface area contributed by atoms with Crippen molar-refractivity contribution >= 4 is 11.7 Å². The second-order valence-electron chi connectivity index (χ2n) is 4.68. The Morgan fingerprint density at radius 2 is 2.19 bits per heavy atom. The highest BCUT2D eigenvalue weighted by Crippen LogP contribution is 2.06. The molecule has 0 fully saturated rings. The lowest BCUT2D eigenvalue weighted by molar-refractivity contribution is -0.145. The summed E-state index contributed by atoms with van der Waals surface area (Å²) < 4.78 is 8.18. The van der Waals surface area contributed by atoms with E-state index in [0.29, 0.717) is 12.2 Å². The van der Waals surface area contributed by atoms with E-state index >= 15 is 0 Å². The standard InChI is InChI=1S/C14H18N4O3/c1-3-18-12(6-10(2)16-18)9-21-14(20)8-17-7-11(15)4-5-13(17)19/h4-7H,3,8-9,15H2,1-2H3. The van der Waals surface area contributed by atoms with Crippen molar-refractivity contribution in [1.29, 1.82) is 0 Å². The fourth-order valence-electron chi connectivity index (χ4n) is 2.00. The highest BCUT2D eigenvalue weighted by molar-refractivity contribution is 5.69. The van der Waals surface area contributed by atoms with Gasteiger partial charge in [-0.05, 0) is 26.0 Å². The van der Waals surface area contributed by atoms with Crippen LogP contribution in [0.1, 0.15) is 18.3 Å². The lowest BCUT2D eigenvalue weighted by Gasteiger charge is -2.08. The quantitative estimate of drug-likeness (QED) is 0.818. The van der Waals surface area contributed by atoms with E-state index in [-0.39, 0.29) is 18.7 Å². The summed E-state index contributed by atoms with van der Waals surface area (Å²) in [5.41, 5.74) is 7.40. The van der Waals surface area contributed by atoms with Crippen LogP contribution in [0, 0.1) is 6.92 Å². The molecule has 0 saturated heterocycles. The molecule has 2 aromatic heterocycles. The van der Waals surface area contributed by atoms with Gasteiger partial charge in [-0.3, -0.25) is 14.3 Å². The second kappa shape index (κ2) is 6.25. The van der Waals surface area contributed by atoms with Crippen molar-refractivity contribution in [2.24, 2.45) is 0 Å². The number of esters is 1. The number of ether oxygens (including phenoxy) is 1. The summed E-state index contributed by atoms with van der Waals surface area (Å²) in [4.78, 5) is 23.4. The van der Waals surface area contributed by atoms with Crippen molar-refractivity contribution in [3.63, 3.8) is 0 Å². The van der Waals surface area contributed by atoms with Gasteiger partial charge in [0.1, 0.15) is 13.2 Å². The molecule has 2 rings (SSSR count). The molecule has 21 heavy (non-hydrogen) atoms. The fraction of sp³-hybridized carbons (Fsp3) is 0.357. The first-order valence-electron chi connectivity index (χ1n) is 6.64. The fourth-order valence-corrected chi connectivity index (χ4v) is 2.00. The van der Waals surface area contributed by atoms with Crippen molar-refractivity contribution in [2.75, 3.05) is 5.73 Å². The van der Waals surface area contributed by atoms with E-state index in [0.717, 1.165) is 11.4 Å². The van der Waals surface area contributed by atoms with E-state index in [1.807, 2.05) is 19.9 Å². The minimum Gasteiger partial charge on any atom is -0.458 e. The number of hydrogen-bond acceptors (Lipinski definition) is 5. The largest absolute Gasteiger partial charge is 0.458 e. The Morgan fingerprint density at radius 3 is 2.90 bits per heavy atom. The van der Waals surface area contributed by atoms with E-state index in [4.69, 9.17) is 10.5 Å². The predicted molar refractivity (Wildman–Crippen MR) is 77.5 cm³/mol. The van der Waals surface area contributed by atoms with Gasteiger partial charge in [0.15, 0.2) is 0 Å². The van der Waals surface area contributed by atoms with Crippen LogP contribution < -0.4 is 11.3 Å². The van der Waals surface area contributed by atoms with Crippen molar-refractivity contribution in [1.82, 2.24) is 14.3 Å². The number of nitrogen functional groups attached to an aromatic ring is 1. The molecule has 0 aromatic carbocycles. The molecule has 112 valence electrons. The number of anilines is 1. The van der Waals surface area contributed by atoms with Gasteiger partial charge in [0.05, 0.1) is 11.4 Å². The van der Waals surface area contributed by atoms with Gasteiger partial charge in [-0.2, -0.15) is 5.10 Å². The Hall–Kier alpha value is -2.57. The molecule has 2 heterocycles. The average Bonchev–Trinajstić information content (AvgIpc) is 2.81. The molecule has 0 aliphatic heterocycles.